The maximum atomic E-state index is 12.2. The summed E-state index contributed by atoms with van der Waals surface area (Å²) >= 11 is 1.88. The lowest BCUT2D eigenvalue weighted by atomic mass is 10.2. The Labute approximate surface area is 154 Å². The highest BCUT2D eigenvalue weighted by Gasteiger charge is 2.31. The summed E-state index contributed by atoms with van der Waals surface area (Å²) in [6.45, 7) is 0.613. The van der Waals surface area contributed by atoms with Crippen molar-refractivity contribution in [2.45, 2.75) is 30.9 Å². The number of halogens is 4. The summed E-state index contributed by atoms with van der Waals surface area (Å²) in [5.74, 6) is 1.04. The molecule has 1 aromatic rings. The normalized spacial score (nSPS) is 18.9. The van der Waals surface area contributed by atoms with Crippen LogP contribution in [0.15, 0.2) is 29.3 Å². The molecule has 1 aromatic carbocycles. The molecule has 0 radical (unpaired) electrons. The minimum atomic E-state index is -4.71. The van der Waals surface area contributed by atoms with Crippen molar-refractivity contribution >= 4 is 47.4 Å². The van der Waals surface area contributed by atoms with Crippen LogP contribution < -0.4 is 15.8 Å². The quantitative estimate of drug-likeness (QED) is 0.401. The van der Waals surface area contributed by atoms with E-state index in [9.17, 15) is 13.2 Å². The van der Waals surface area contributed by atoms with E-state index in [2.05, 4.69) is 15.0 Å². The Hall–Kier alpha value is -0.840. The Bertz CT molecular complexity index is 522. The molecule has 1 heterocycles. The van der Waals surface area contributed by atoms with Crippen molar-refractivity contribution in [2.24, 2.45) is 10.7 Å². The second-order valence-corrected chi connectivity index (χ2v) is 6.32. The average Bonchev–Trinajstić information content (AvgIpc) is 2.45. The third kappa shape index (κ3) is 8.00. The molecule has 23 heavy (non-hydrogen) atoms. The third-order valence-corrected chi connectivity index (χ3v) is 4.46. The van der Waals surface area contributed by atoms with Gasteiger partial charge in [0.25, 0.3) is 0 Å². The summed E-state index contributed by atoms with van der Waals surface area (Å²) < 4.78 is 40.4. The molecule has 2 rings (SSSR count). The molecule has 130 valence electrons. The molecule has 9 heteroatoms. The highest BCUT2D eigenvalue weighted by Crippen LogP contribution is 2.26. The van der Waals surface area contributed by atoms with Crippen LogP contribution in [0, 0.1) is 0 Å². The summed E-state index contributed by atoms with van der Waals surface area (Å²) in [6, 6.07) is 5.50. The largest absolute Gasteiger partial charge is 0.573 e. The van der Waals surface area contributed by atoms with E-state index in [-0.39, 0.29) is 35.7 Å². The van der Waals surface area contributed by atoms with Crippen LogP contribution in [0.4, 0.5) is 18.9 Å². The molecule has 0 spiro atoms. The number of nitrogens with one attached hydrogen (secondary N) is 1. The van der Waals surface area contributed by atoms with E-state index < -0.39 is 6.36 Å². The SMILES string of the molecule is I.NC(=NCC1CCCCS1)Nc1cccc(OC(F)(F)F)c1. The lowest BCUT2D eigenvalue weighted by Crippen LogP contribution is -2.25. The Balaban J connectivity index is 0.00000264. The van der Waals surface area contributed by atoms with Gasteiger partial charge >= 0.3 is 6.36 Å². The minimum Gasteiger partial charge on any atom is -0.406 e. The van der Waals surface area contributed by atoms with Gasteiger partial charge in [0.1, 0.15) is 5.75 Å². The fourth-order valence-electron chi connectivity index (χ4n) is 2.11. The molecule has 3 N–H and O–H groups in total. The van der Waals surface area contributed by atoms with Gasteiger partial charge in [-0.25, -0.2) is 0 Å². The van der Waals surface area contributed by atoms with E-state index in [1.54, 1.807) is 6.07 Å². The Morgan fingerprint density at radius 1 is 1.39 bits per heavy atom. The van der Waals surface area contributed by atoms with Gasteiger partial charge in [0, 0.05) is 17.0 Å². The molecule has 1 unspecified atom stereocenters. The number of rotatable bonds is 4. The van der Waals surface area contributed by atoms with Gasteiger partial charge in [-0.3, -0.25) is 4.99 Å². The number of aliphatic imine (C=N–C) groups is 1. The maximum absolute atomic E-state index is 12.2. The van der Waals surface area contributed by atoms with E-state index in [0.717, 1.165) is 12.2 Å². The Morgan fingerprint density at radius 3 is 2.83 bits per heavy atom. The zero-order valence-electron chi connectivity index (χ0n) is 12.3. The third-order valence-electron chi connectivity index (χ3n) is 3.08. The lowest BCUT2D eigenvalue weighted by Gasteiger charge is -2.19. The van der Waals surface area contributed by atoms with Gasteiger partial charge in [-0.15, -0.1) is 37.1 Å². The number of ether oxygens (including phenoxy) is 1. The zero-order chi connectivity index (χ0) is 16.0. The van der Waals surface area contributed by atoms with Crippen molar-refractivity contribution in [3.8, 4) is 5.75 Å². The molecule has 1 saturated heterocycles. The van der Waals surface area contributed by atoms with Crippen LogP contribution in [0.3, 0.4) is 0 Å². The molecule has 1 atom stereocenters. The Morgan fingerprint density at radius 2 is 2.17 bits per heavy atom. The molecule has 0 aromatic heterocycles. The standard InChI is InChI=1S/C14H18F3N3OS.HI/c15-14(16,17)21-11-5-3-4-10(8-11)20-13(18)19-9-12-6-1-2-7-22-12;/h3-5,8,12H,1-2,6-7,9H2,(H3,18,19,20);1H. The number of nitrogens with zero attached hydrogens (tertiary/aromatic N) is 1. The number of hydrogen-bond acceptors (Lipinski definition) is 3. The van der Waals surface area contributed by atoms with E-state index in [1.807, 2.05) is 11.8 Å². The van der Waals surface area contributed by atoms with Crippen LogP contribution in [0.2, 0.25) is 0 Å². The van der Waals surface area contributed by atoms with Crippen LogP contribution in [0.1, 0.15) is 19.3 Å². The average molecular weight is 461 g/mol. The van der Waals surface area contributed by atoms with Crippen LogP contribution in [0.5, 0.6) is 5.75 Å². The first-order chi connectivity index (χ1) is 10.4. The fraction of sp³-hybridized carbons (Fsp3) is 0.500. The molecule has 1 aliphatic heterocycles. The summed E-state index contributed by atoms with van der Waals surface area (Å²) in [4.78, 5) is 4.25. The highest BCUT2D eigenvalue weighted by atomic mass is 127. The van der Waals surface area contributed by atoms with Crippen molar-refractivity contribution in [3.63, 3.8) is 0 Å². The summed E-state index contributed by atoms with van der Waals surface area (Å²) in [7, 11) is 0. The molecule has 0 amide bonds. The van der Waals surface area contributed by atoms with Crippen molar-refractivity contribution < 1.29 is 17.9 Å². The van der Waals surface area contributed by atoms with Crippen molar-refractivity contribution in [2.75, 3.05) is 17.6 Å². The van der Waals surface area contributed by atoms with Crippen LogP contribution >= 0.6 is 35.7 Å². The summed E-state index contributed by atoms with van der Waals surface area (Å²) in [6.07, 6.45) is -1.14. The highest BCUT2D eigenvalue weighted by molar-refractivity contribution is 14.0. The molecule has 0 aliphatic carbocycles. The summed E-state index contributed by atoms with van der Waals surface area (Å²) in [5.41, 5.74) is 6.17. The van der Waals surface area contributed by atoms with Crippen molar-refractivity contribution in [3.05, 3.63) is 24.3 Å². The molecular weight excluding hydrogens is 442 g/mol. The number of alkyl halides is 3. The second kappa shape index (κ2) is 9.45. The first kappa shape index (κ1) is 20.2. The van der Waals surface area contributed by atoms with Gasteiger partial charge in [0.05, 0.1) is 6.54 Å². The van der Waals surface area contributed by atoms with Crippen LogP contribution in [-0.4, -0.2) is 29.9 Å². The zero-order valence-corrected chi connectivity index (χ0v) is 15.5. The van der Waals surface area contributed by atoms with E-state index in [4.69, 9.17) is 5.73 Å². The second-order valence-electron chi connectivity index (χ2n) is 4.92. The van der Waals surface area contributed by atoms with Crippen LogP contribution in [0.25, 0.3) is 0 Å². The predicted octanol–water partition coefficient (Wildman–Crippen LogP) is 4.22. The summed E-state index contributed by atoms with van der Waals surface area (Å²) in [5, 5.41) is 3.25. The maximum Gasteiger partial charge on any atom is 0.573 e. The van der Waals surface area contributed by atoms with Gasteiger partial charge in [0.15, 0.2) is 5.96 Å². The van der Waals surface area contributed by atoms with Gasteiger partial charge in [-0.2, -0.15) is 11.8 Å². The van der Waals surface area contributed by atoms with Crippen molar-refractivity contribution in [1.29, 1.82) is 0 Å². The van der Waals surface area contributed by atoms with Crippen LogP contribution in [-0.2, 0) is 0 Å². The molecule has 0 bridgehead atoms. The number of hydrogen-bond donors (Lipinski definition) is 2. The topological polar surface area (TPSA) is 59.6 Å². The van der Waals surface area contributed by atoms with E-state index in [1.165, 1.54) is 31.0 Å². The number of nitrogens with two attached hydrogens (primary N) is 1. The number of benzene rings is 1. The van der Waals surface area contributed by atoms with Gasteiger partial charge in [0.2, 0.25) is 0 Å². The van der Waals surface area contributed by atoms with Gasteiger partial charge in [-0.1, -0.05) is 12.5 Å². The molecule has 4 nitrogen and oxygen atoms in total. The molecular formula is C14H19F3IN3OS. The lowest BCUT2D eigenvalue weighted by molar-refractivity contribution is -0.274. The van der Waals surface area contributed by atoms with E-state index in [0.29, 0.717) is 17.5 Å². The molecule has 0 saturated carbocycles. The number of anilines is 1. The monoisotopic (exact) mass is 461 g/mol. The Kier molecular flexibility index (Phi) is 8.31. The van der Waals surface area contributed by atoms with E-state index >= 15 is 0 Å². The van der Waals surface area contributed by atoms with Gasteiger partial charge in [-0.05, 0) is 30.7 Å². The van der Waals surface area contributed by atoms with Gasteiger partial charge < -0.3 is 15.8 Å². The predicted molar refractivity (Wildman–Crippen MR) is 98.7 cm³/mol. The molecule has 1 fully saturated rings. The fourth-order valence-corrected chi connectivity index (χ4v) is 3.33. The first-order valence-electron chi connectivity index (χ1n) is 6.97. The minimum absolute atomic E-state index is 0. The number of guanidine groups is 1. The molecule has 1 aliphatic rings. The number of thioether (sulfide) groups is 1. The van der Waals surface area contributed by atoms with Crippen molar-refractivity contribution in [1.82, 2.24) is 0 Å². The first-order valence-corrected chi connectivity index (χ1v) is 8.01. The smallest absolute Gasteiger partial charge is 0.406 e.